The number of methoxy groups -OCH3 is 1. The van der Waals surface area contributed by atoms with Gasteiger partial charge >= 0.3 is 5.97 Å². The zero-order valence-corrected chi connectivity index (χ0v) is 16.5. The Labute approximate surface area is 155 Å². The maximum absolute atomic E-state index is 12.0. The summed E-state index contributed by atoms with van der Waals surface area (Å²) in [5.41, 5.74) is 0. The number of nitrogens with zero attached hydrogens (tertiary/aromatic N) is 3. The summed E-state index contributed by atoms with van der Waals surface area (Å²) < 4.78 is 8.29. The van der Waals surface area contributed by atoms with E-state index in [-0.39, 0.29) is 35.9 Å². The first-order chi connectivity index (χ1) is 10.5. The molecule has 0 unspecified atom stereocenters. The molecule has 1 amide bonds. The van der Waals surface area contributed by atoms with Gasteiger partial charge in [0.25, 0.3) is 12.2 Å². The number of imidazole rings is 1. The number of hydrogen-bond donors (Lipinski definition) is 0. The zero-order chi connectivity index (χ0) is 16.4. The fourth-order valence-electron chi connectivity index (χ4n) is 2.26. The highest BCUT2D eigenvalue weighted by Crippen LogP contribution is 2.09. The molecule has 7 heteroatoms. The van der Waals surface area contributed by atoms with E-state index in [1.54, 1.807) is 16.7 Å². The number of carbonyl (C=O) groups is 2. The molecule has 1 aromatic rings. The Morgan fingerprint density at radius 2 is 1.65 bits per heavy atom. The molecule has 0 fully saturated rings. The third kappa shape index (κ3) is 8.92. The number of unbranched alkanes of at least 4 members (excludes halogenated alkanes) is 5. The van der Waals surface area contributed by atoms with E-state index in [1.165, 1.54) is 7.11 Å². The zero-order valence-electron chi connectivity index (χ0n) is 14.3. The lowest BCUT2D eigenvalue weighted by Gasteiger charge is -2.11. The molecule has 0 aliphatic carbocycles. The minimum absolute atomic E-state index is 0. The molecule has 0 N–H and O–H groups in total. The van der Waals surface area contributed by atoms with Crippen molar-refractivity contribution in [3.8, 4) is 0 Å². The van der Waals surface area contributed by atoms with E-state index in [9.17, 15) is 9.59 Å². The quantitative estimate of drug-likeness (QED) is 0.198. The van der Waals surface area contributed by atoms with Crippen LogP contribution in [0.3, 0.4) is 0 Å². The average Bonchev–Trinajstić information content (AvgIpc) is 2.95. The number of halogens is 1. The van der Waals surface area contributed by atoms with Gasteiger partial charge in [0.2, 0.25) is 0 Å². The Hall–Kier alpha value is -1.12. The van der Waals surface area contributed by atoms with Crippen LogP contribution in [-0.4, -0.2) is 30.7 Å². The third-order valence-electron chi connectivity index (χ3n) is 3.71. The number of amides is 1. The van der Waals surface area contributed by atoms with Crippen molar-refractivity contribution >= 4 is 11.9 Å². The van der Waals surface area contributed by atoms with E-state index in [0.29, 0.717) is 12.8 Å². The summed E-state index contributed by atoms with van der Waals surface area (Å²) in [5.74, 6) is -0.00561. The van der Waals surface area contributed by atoms with E-state index >= 15 is 0 Å². The van der Waals surface area contributed by atoms with Gasteiger partial charge in [-0.2, -0.15) is 5.01 Å². The Bertz CT molecular complexity index is 477. The first kappa shape index (κ1) is 21.9. The van der Waals surface area contributed by atoms with Gasteiger partial charge in [0, 0.05) is 12.8 Å². The summed E-state index contributed by atoms with van der Waals surface area (Å²) in [7, 11) is 5.13. The van der Waals surface area contributed by atoms with E-state index in [1.807, 2.05) is 30.3 Å². The molecule has 0 bridgehead atoms. The molecule has 6 nitrogen and oxygen atoms in total. The Kier molecular flexibility index (Phi) is 11.7. The second-order valence-corrected chi connectivity index (χ2v) is 5.57. The van der Waals surface area contributed by atoms with Gasteiger partial charge in [-0.15, -0.1) is 4.68 Å². The second kappa shape index (κ2) is 12.3. The summed E-state index contributed by atoms with van der Waals surface area (Å²) in [5, 5.41) is 1.64. The summed E-state index contributed by atoms with van der Waals surface area (Å²) >= 11 is 0. The van der Waals surface area contributed by atoms with Gasteiger partial charge in [0.05, 0.1) is 21.2 Å². The number of aryl methyl sites for hydroxylation is 1. The monoisotopic (exact) mass is 437 g/mol. The predicted octanol–water partition coefficient (Wildman–Crippen LogP) is -1.30. The minimum atomic E-state index is -0.132. The minimum Gasteiger partial charge on any atom is -1.00 e. The molecule has 0 aromatic carbocycles. The number of rotatable bonds is 10. The first-order valence-electron chi connectivity index (χ1n) is 7.91. The highest BCUT2D eigenvalue weighted by Gasteiger charge is 2.14. The van der Waals surface area contributed by atoms with Crippen LogP contribution in [0, 0.1) is 0 Å². The molecule has 0 spiro atoms. The van der Waals surface area contributed by atoms with Crippen molar-refractivity contribution in [3.63, 3.8) is 0 Å². The van der Waals surface area contributed by atoms with E-state index in [0.717, 1.165) is 38.5 Å². The third-order valence-corrected chi connectivity index (χ3v) is 3.71. The second-order valence-electron chi connectivity index (χ2n) is 5.57. The Morgan fingerprint density at radius 3 is 2.17 bits per heavy atom. The predicted molar refractivity (Wildman–Crippen MR) is 83.7 cm³/mol. The van der Waals surface area contributed by atoms with Crippen molar-refractivity contribution in [1.29, 1.82) is 0 Å². The average molecular weight is 437 g/mol. The number of ether oxygens (including phenoxy) is 1. The molecule has 0 atom stereocenters. The fraction of sp³-hybridized carbons (Fsp3) is 0.688. The van der Waals surface area contributed by atoms with Crippen molar-refractivity contribution in [2.75, 3.05) is 19.2 Å². The SMILES string of the molecule is COC(=O)CCCCCCCCC(=O)N(C)n1cc[n+](C)c1.[I-]. The lowest BCUT2D eigenvalue weighted by atomic mass is 10.1. The fourth-order valence-corrected chi connectivity index (χ4v) is 2.26. The van der Waals surface area contributed by atoms with Gasteiger partial charge in [-0.1, -0.05) is 25.7 Å². The standard InChI is InChI=1S/C16H28N3O3.HI/c1-17-12-13-19(14-17)18(2)15(20)10-8-6-4-5-7-9-11-16(21)22-3;/h12-14H,4-11H2,1-3H3;1H/q+1;/p-1. The largest absolute Gasteiger partial charge is 1.00 e. The molecule has 23 heavy (non-hydrogen) atoms. The molecule has 0 saturated heterocycles. The summed E-state index contributed by atoms with van der Waals surface area (Å²) in [6.07, 6.45) is 12.8. The lowest BCUT2D eigenvalue weighted by Crippen LogP contribution is -3.00. The maximum atomic E-state index is 12.0. The summed E-state index contributed by atoms with van der Waals surface area (Å²) in [4.78, 5) is 23.0. The molecule has 0 aliphatic rings. The lowest BCUT2D eigenvalue weighted by molar-refractivity contribution is -0.671. The van der Waals surface area contributed by atoms with E-state index in [2.05, 4.69) is 4.74 Å². The van der Waals surface area contributed by atoms with Crippen LogP contribution < -0.4 is 33.6 Å². The number of carbonyl (C=O) groups excluding carboxylic acids is 2. The molecular formula is C16H28IN3O3. The number of aromatic nitrogens is 2. The van der Waals surface area contributed by atoms with E-state index < -0.39 is 0 Å². The maximum Gasteiger partial charge on any atom is 0.305 e. The Balaban J connectivity index is 0.00000484. The van der Waals surface area contributed by atoms with Crippen LogP contribution >= 0.6 is 0 Å². The van der Waals surface area contributed by atoms with Crippen LogP contribution in [-0.2, 0) is 21.4 Å². The molecule has 1 aromatic heterocycles. The molecule has 0 aliphatic heterocycles. The van der Waals surface area contributed by atoms with Gasteiger partial charge in [-0.3, -0.25) is 9.59 Å². The topological polar surface area (TPSA) is 55.4 Å². The molecule has 1 heterocycles. The summed E-state index contributed by atoms with van der Waals surface area (Å²) in [6, 6.07) is 0. The van der Waals surface area contributed by atoms with Crippen molar-refractivity contribution in [2.24, 2.45) is 7.05 Å². The molecule has 0 radical (unpaired) electrons. The first-order valence-corrected chi connectivity index (χ1v) is 7.91. The van der Waals surface area contributed by atoms with Gasteiger partial charge < -0.3 is 28.7 Å². The highest BCUT2D eigenvalue weighted by molar-refractivity contribution is 5.85. The van der Waals surface area contributed by atoms with Crippen LogP contribution in [0.2, 0.25) is 0 Å². The van der Waals surface area contributed by atoms with Crippen LogP contribution in [0.25, 0.3) is 0 Å². The van der Waals surface area contributed by atoms with Crippen LogP contribution in [0.5, 0.6) is 0 Å². The molecule has 1 rings (SSSR count). The van der Waals surface area contributed by atoms with Gasteiger partial charge in [-0.05, 0) is 12.8 Å². The van der Waals surface area contributed by atoms with Crippen LogP contribution in [0.4, 0.5) is 0 Å². The molecular weight excluding hydrogens is 409 g/mol. The van der Waals surface area contributed by atoms with Crippen LogP contribution in [0.15, 0.2) is 18.7 Å². The van der Waals surface area contributed by atoms with Crippen molar-refractivity contribution < 1.29 is 42.9 Å². The highest BCUT2D eigenvalue weighted by atomic mass is 127. The van der Waals surface area contributed by atoms with E-state index in [4.69, 9.17) is 0 Å². The van der Waals surface area contributed by atoms with Gasteiger partial charge in [0.15, 0.2) is 6.20 Å². The van der Waals surface area contributed by atoms with Crippen molar-refractivity contribution in [2.45, 2.75) is 51.4 Å². The van der Waals surface area contributed by atoms with Crippen LogP contribution in [0.1, 0.15) is 51.4 Å². The normalized spacial score (nSPS) is 10.0. The van der Waals surface area contributed by atoms with Crippen molar-refractivity contribution in [1.82, 2.24) is 4.68 Å². The molecule has 0 saturated carbocycles. The summed E-state index contributed by atoms with van der Waals surface area (Å²) in [6.45, 7) is 0. The van der Waals surface area contributed by atoms with Gasteiger partial charge in [-0.25, -0.2) is 4.57 Å². The van der Waals surface area contributed by atoms with Gasteiger partial charge in [0.1, 0.15) is 6.20 Å². The number of hydrogen-bond acceptors (Lipinski definition) is 3. The Morgan fingerprint density at radius 1 is 1.09 bits per heavy atom. The number of esters is 1. The molecule has 132 valence electrons. The van der Waals surface area contributed by atoms with Crippen molar-refractivity contribution in [3.05, 3.63) is 18.7 Å². The smallest absolute Gasteiger partial charge is 0.305 e.